The molecule has 0 aliphatic carbocycles. The number of hydrogen-bond acceptors (Lipinski definition) is 4. The van der Waals surface area contributed by atoms with Crippen LogP contribution in [-0.2, 0) is 14.8 Å². The van der Waals surface area contributed by atoms with Gasteiger partial charge in [0, 0.05) is 22.5 Å². The molecule has 2 aromatic carbocycles. The molecule has 0 saturated carbocycles. The predicted octanol–water partition coefficient (Wildman–Crippen LogP) is 3.87. The second-order valence-corrected chi connectivity index (χ2v) is 8.35. The van der Waals surface area contributed by atoms with E-state index in [9.17, 15) is 13.2 Å². The van der Waals surface area contributed by atoms with E-state index in [1.807, 2.05) is 0 Å². The SMILES string of the molecule is COc1ccc(Cl)cc1NC(=O)CN(C)S(=O)(=O)/C=C/c1ccc(Cl)cc1. The van der Waals surface area contributed by atoms with Gasteiger partial charge in [-0.1, -0.05) is 35.3 Å². The molecule has 2 aromatic rings. The highest BCUT2D eigenvalue weighted by Gasteiger charge is 2.18. The monoisotopic (exact) mass is 428 g/mol. The molecule has 0 radical (unpaired) electrons. The van der Waals surface area contributed by atoms with E-state index in [0.29, 0.717) is 27.0 Å². The maximum absolute atomic E-state index is 12.3. The number of halogens is 2. The van der Waals surface area contributed by atoms with E-state index in [-0.39, 0.29) is 6.54 Å². The van der Waals surface area contributed by atoms with Crippen molar-refractivity contribution in [1.82, 2.24) is 4.31 Å². The number of carbonyl (C=O) groups is 1. The minimum absolute atomic E-state index is 0.359. The maximum atomic E-state index is 12.3. The maximum Gasteiger partial charge on any atom is 0.239 e. The van der Waals surface area contributed by atoms with Gasteiger partial charge in [-0.25, -0.2) is 8.42 Å². The number of sulfonamides is 1. The zero-order valence-corrected chi connectivity index (χ0v) is 17.0. The molecule has 2 rings (SSSR count). The summed E-state index contributed by atoms with van der Waals surface area (Å²) in [5.41, 5.74) is 1.03. The van der Waals surface area contributed by atoms with Crippen molar-refractivity contribution in [3.8, 4) is 5.75 Å². The van der Waals surface area contributed by atoms with Crippen molar-refractivity contribution in [1.29, 1.82) is 0 Å². The van der Waals surface area contributed by atoms with E-state index in [2.05, 4.69) is 5.32 Å². The summed E-state index contributed by atoms with van der Waals surface area (Å²) in [7, 11) is -1.01. The van der Waals surface area contributed by atoms with Crippen LogP contribution in [0.4, 0.5) is 5.69 Å². The number of carbonyl (C=O) groups excluding carboxylic acids is 1. The molecule has 9 heteroatoms. The number of amides is 1. The Morgan fingerprint density at radius 1 is 1.15 bits per heavy atom. The Labute approximate surface area is 168 Å². The first-order chi connectivity index (χ1) is 12.7. The average Bonchev–Trinajstić information content (AvgIpc) is 2.61. The van der Waals surface area contributed by atoms with E-state index in [0.717, 1.165) is 9.71 Å². The van der Waals surface area contributed by atoms with Gasteiger partial charge in [0.25, 0.3) is 0 Å². The Bertz CT molecular complexity index is 944. The van der Waals surface area contributed by atoms with Crippen LogP contribution in [0.15, 0.2) is 47.9 Å². The molecular weight excluding hydrogens is 411 g/mol. The third-order valence-electron chi connectivity index (χ3n) is 3.54. The molecule has 0 aliphatic rings. The predicted molar refractivity (Wildman–Crippen MR) is 109 cm³/mol. The van der Waals surface area contributed by atoms with Crippen LogP contribution >= 0.6 is 23.2 Å². The normalized spacial score (nSPS) is 11.7. The van der Waals surface area contributed by atoms with Gasteiger partial charge in [-0.3, -0.25) is 4.79 Å². The number of likely N-dealkylation sites (N-methyl/N-ethyl adjacent to an activating group) is 1. The quantitative estimate of drug-likeness (QED) is 0.725. The Morgan fingerprint density at radius 3 is 2.41 bits per heavy atom. The van der Waals surface area contributed by atoms with Gasteiger partial charge in [-0.2, -0.15) is 4.31 Å². The summed E-state index contributed by atoms with van der Waals surface area (Å²) in [6.07, 6.45) is 1.43. The zero-order valence-electron chi connectivity index (χ0n) is 14.6. The van der Waals surface area contributed by atoms with Crippen LogP contribution in [0, 0.1) is 0 Å². The fourth-order valence-electron chi connectivity index (χ4n) is 2.10. The van der Waals surface area contributed by atoms with E-state index in [1.165, 1.54) is 26.3 Å². The Kier molecular flexibility index (Phi) is 7.26. The topological polar surface area (TPSA) is 75.7 Å². The van der Waals surface area contributed by atoms with Crippen LogP contribution in [-0.4, -0.2) is 39.3 Å². The standard InChI is InChI=1S/C18H18Cl2N2O4S/c1-22(27(24,25)10-9-13-3-5-14(19)6-4-13)12-18(23)21-16-11-15(20)7-8-17(16)26-2/h3-11H,12H2,1-2H3,(H,21,23)/b10-9+. The number of nitrogens with zero attached hydrogens (tertiary/aromatic N) is 1. The number of hydrogen-bond donors (Lipinski definition) is 1. The fraction of sp³-hybridized carbons (Fsp3) is 0.167. The fourth-order valence-corrected chi connectivity index (χ4v) is 3.23. The van der Waals surface area contributed by atoms with Crippen LogP contribution in [0.5, 0.6) is 5.75 Å². The van der Waals surface area contributed by atoms with Crippen molar-refractivity contribution >= 4 is 50.9 Å². The number of ether oxygens (including phenoxy) is 1. The highest BCUT2D eigenvalue weighted by atomic mass is 35.5. The Balaban J connectivity index is 2.04. The summed E-state index contributed by atoms with van der Waals surface area (Å²) in [4.78, 5) is 12.2. The molecule has 1 N–H and O–H groups in total. The summed E-state index contributed by atoms with van der Waals surface area (Å²) in [5.74, 6) is -0.109. The van der Waals surface area contributed by atoms with Crippen LogP contribution in [0.1, 0.15) is 5.56 Å². The molecule has 0 aliphatic heterocycles. The van der Waals surface area contributed by atoms with Crippen molar-refractivity contribution in [2.45, 2.75) is 0 Å². The lowest BCUT2D eigenvalue weighted by atomic mass is 10.2. The molecule has 0 aromatic heterocycles. The molecular formula is C18H18Cl2N2O4S. The largest absolute Gasteiger partial charge is 0.495 e. The lowest BCUT2D eigenvalue weighted by molar-refractivity contribution is -0.116. The smallest absolute Gasteiger partial charge is 0.239 e. The van der Waals surface area contributed by atoms with Crippen LogP contribution in [0.2, 0.25) is 10.0 Å². The first-order valence-electron chi connectivity index (χ1n) is 7.74. The molecule has 6 nitrogen and oxygen atoms in total. The minimum Gasteiger partial charge on any atom is -0.495 e. The number of anilines is 1. The molecule has 0 unspecified atom stereocenters. The highest BCUT2D eigenvalue weighted by molar-refractivity contribution is 7.92. The van der Waals surface area contributed by atoms with E-state index in [4.69, 9.17) is 27.9 Å². The summed E-state index contributed by atoms with van der Waals surface area (Å²) in [5, 5.41) is 4.59. The summed E-state index contributed by atoms with van der Waals surface area (Å²) in [6.45, 7) is -0.372. The van der Waals surface area contributed by atoms with Crippen LogP contribution in [0.3, 0.4) is 0 Å². The van der Waals surface area contributed by atoms with Gasteiger partial charge < -0.3 is 10.1 Å². The third-order valence-corrected chi connectivity index (χ3v) is 5.50. The second kappa shape index (κ2) is 9.23. The number of rotatable bonds is 7. The first-order valence-corrected chi connectivity index (χ1v) is 10.0. The van der Waals surface area contributed by atoms with Gasteiger partial charge in [0.1, 0.15) is 5.75 Å². The molecule has 144 valence electrons. The third kappa shape index (κ3) is 6.25. The van der Waals surface area contributed by atoms with Gasteiger partial charge in [0.15, 0.2) is 0 Å². The van der Waals surface area contributed by atoms with Crippen molar-refractivity contribution < 1.29 is 17.9 Å². The summed E-state index contributed by atoms with van der Waals surface area (Å²) < 4.78 is 30.7. The van der Waals surface area contributed by atoms with Gasteiger partial charge in [-0.05, 0) is 42.0 Å². The van der Waals surface area contributed by atoms with Gasteiger partial charge >= 0.3 is 0 Å². The molecule has 0 atom stereocenters. The molecule has 0 fully saturated rings. The molecule has 27 heavy (non-hydrogen) atoms. The van der Waals surface area contributed by atoms with Gasteiger partial charge in [-0.15, -0.1) is 0 Å². The van der Waals surface area contributed by atoms with Gasteiger partial charge in [0.2, 0.25) is 15.9 Å². The van der Waals surface area contributed by atoms with Crippen LogP contribution in [0.25, 0.3) is 6.08 Å². The lowest BCUT2D eigenvalue weighted by Crippen LogP contribution is -2.33. The van der Waals surface area contributed by atoms with Crippen LogP contribution < -0.4 is 10.1 Å². The zero-order chi connectivity index (χ0) is 20.0. The minimum atomic E-state index is -3.78. The number of benzene rings is 2. The lowest BCUT2D eigenvalue weighted by Gasteiger charge is -2.15. The van der Waals surface area contributed by atoms with Crippen molar-refractivity contribution in [3.63, 3.8) is 0 Å². The molecule has 0 saturated heterocycles. The molecule has 1 amide bonds. The van der Waals surface area contributed by atoms with E-state index < -0.39 is 15.9 Å². The van der Waals surface area contributed by atoms with Crippen molar-refractivity contribution in [2.75, 3.05) is 26.0 Å². The summed E-state index contributed by atoms with van der Waals surface area (Å²) >= 11 is 11.7. The van der Waals surface area contributed by atoms with Gasteiger partial charge in [0.05, 0.1) is 19.3 Å². The summed E-state index contributed by atoms with van der Waals surface area (Å²) in [6, 6.07) is 11.4. The van der Waals surface area contributed by atoms with E-state index >= 15 is 0 Å². The first kappa shape index (κ1) is 21.2. The van der Waals surface area contributed by atoms with Crippen molar-refractivity contribution in [3.05, 3.63) is 63.5 Å². The van der Waals surface area contributed by atoms with E-state index in [1.54, 1.807) is 36.4 Å². The molecule has 0 bridgehead atoms. The Morgan fingerprint density at radius 2 is 1.78 bits per heavy atom. The second-order valence-electron chi connectivity index (χ2n) is 5.55. The number of nitrogens with one attached hydrogen (secondary N) is 1. The Hall–Kier alpha value is -2.06. The molecule has 0 spiro atoms. The molecule has 0 heterocycles. The number of methoxy groups -OCH3 is 1. The van der Waals surface area contributed by atoms with Crippen molar-refractivity contribution in [2.24, 2.45) is 0 Å². The average molecular weight is 429 g/mol. The highest BCUT2D eigenvalue weighted by Crippen LogP contribution is 2.27.